The zero-order valence-electron chi connectivity index (χ0n) is 20.0. The normalized spacial score (nSPS) is 54.4. The zero-order valence-corrected chi connectivity index (χ0v) is 20.0. The molecule has 1 aromatic heterocycles. The molecule has 2 aliphatic heterocycles. The van der Waals surface area contributed by atoms with E-state index in [-0.39, 0.29) is 30.5 Å². The first kappa shape index (κ1) is 21.8. The summed E-state index contributed by atoms with van der Waals surface area (Å²) in [6.45, 7) is 10.2. The standard InChI is InChI=1S/C26H34O7/c1-22(2)15-10-18(29)25(5)14(24(15,4)17(28)11-16(22)27)6-8-23(3)19(13-7-9-31-12-13)32-21(30)20-26(23,25)33-20/h7,9,12,14-17,19-20,27-28H,6,8,10-11H2,1-5H3/t14?,15?,16-,17+,19+,20?,23+,24-,25+,26?/m1/s1. The van der Waals surface area contributed by atoms with Gasteiger partial charge in [0.2, 0.25) is 0 Å². The summed E-state index contributed by atoms with van der Waals surface area (Å²) in [4.78, 5) is 27.2. The van der Waals surface area contributed by atoms with Gasteiger partial charge in [-0.3, -0.25) is 4.79 Å². The second-order valence-electron chi connectivity index (χ2n) is 12.5. The van der Waals surface area contributed by atoms with Gasteiger partial charge in [0, 0.05) is 29.2 Å². The van der Waals surface area contributed by atoms with Gasteiger partial charge in [-0.25, -0.2) is 4.79 Å². The van der Waals surface area contributed by atoms with Gasteiger partial charge in [-0.05, 0) is 43.1 Å². The summed E-state index contributed by atoms with van der Waals surface area (Å²) in [7, 11) is 0. The Bertz CT molecular complexity index is 1030. The average molecular weight is 459 g/mol. The lowest BCUT2D eigenvalue weighted by Crippen LogP contribution is -2.74. The van der Waals surface area contributed by atoms with Crippen molar-refractivity contribution < 1.29 is 33.7 Å². The molecular weight excluding hydrogens is 424 g/mol. The van der Waals surface area contributed by atoms with Crippen LogP contribution in [0.5, 0.6) is 0 Å². The first-order valence-corrected chi connectivity index (χ1v) is 12.2. The van der Waals surface area contributed by atoms with E-state index in [1.165, 1.54) is 0 Å². The van der Waals surface area contributed by atoms with E-state index in [1.54, 1.807) is 12.5 Å². The number of carbonyl (C=O) groups is 2. The molecule has 3 heterocycles. The number of ether oxygens (including phenoxy) is 2. The monoisotopic (exact) mass is 458 g/mol. The molecule has 0 radical (unpaired) electrons. The summed E-state index contributed by atoms with van der Waals surface area (Å²) in [5, 5.41) is 22.2. The third-order valence-electron chi connectivity index (χ3n) is 11.1. The molecule has 1 spiro atoms. The van der Waals surface area contributed by atoms with Crippen LogP contribution < -0.4 is 0 Å². The number of fused-ring (bicyclic) bond motifs is 3. The molecule has 3 saturated carbocycles. The average Bonchev–Trinajstić information content (AvgIpc) is 3.32. The molecule has 5 aliphatic rings. The molecule has 0 amide bonds. The molecule has 4 unspecified atom stereocenters. The maximum atomic E-state index is 14.2. The molecule has 10 atom stereocenters. The van der Waals surface area contributed by atoms with Crippen molar-refractivity contribution in [3.63, 3.8) is 0 Å². The van der Waals surface area contributed by atoms with Crippen LogP contribution in [-0.4, -0.2) is 45.9 Å². The van der Waals surface area contributed by atoms with Gasteiger partial charge in [-0.1, -0.05) is 27.7 Å². The van der Waals surface area contributed by atoms with E-state index in [0.29, 0.717) is 12.8 Å². The van der Waals surface area contributed by atoms with Gasteiger partial charge in [0.1, 0.15) is 17.5 Å². The molecule has 5 fully saturated rings. The van der Waals surface area contributed by atoms with Crippen molar-refractivity contribution in [2.75, 3.05) is 0 Å². The Morgan fingerprint density at radius 3 is 2.39 bits per heavy atom. The summed E-state index contributed by atoms with van der Waals surface area (Å²) in [6.07, 6.45) is 2.36. The van der Waals surface area contributed by atoms with E-state index in [2.05, 4.69) is 13.8 Å². The van der Waals surface area contributed by atoms with Crippen LogP contribution in [0.3, 0.4) is 0 Å². The van der Waals surface area contributed by atoms with Crippen LogP contribution in [0.15, 0.2) is 23.0 Å². The maximum Gasteiger partial charge on any atom is 0.339 e. The summed E-state index contributed by atoms with van der Waals surface area (Å²) < 4.78 is 17.5. The first-order valence-electron chi connectivity index (χ1n) is 12.2. The number of hydrogen-bond donors (Lipinski definition) is 2. The van der Waals surface area contributed by atoms with Crippen LogP contribution in [0.4, 0.5) is 0 Å². The van der Waals surface area contributed by atoms with Crippen LogP contribution in [0.1, 0.15) is 72.0 Å². The van der Waals surface area contributed by atoms with Crippen LogP contribution in [0.2, 0.25) is 0 Å². The highest BCUT2D eigenvalue weighted by atomic mass is 16.7. The number of epoxide rings is 1. The van der Waals surface area contributed by atoms with Crippen LogP contribution in [0, 0.1) is 33.5 Å². The van der Waals surface area contributed by atoms with Crippen LogP contribution >= 0.6 is 0 Å². The van der Waals surface area contributed by atoms with Gasteiger partial charge in [0.25, 0.3) is 0 Å². The number of carbonyl (C=O) groups excluding carboxylic acids is 2. The number of hydrogen-bond acceptors (Lipinski definition) is 7. The van der Waals surface area contributed by atoms with E-state index >= 15 is 0 Å². The lowest BCUT2D eigenvalue weighted by molar-refractivity contribution is -0.253. The molecule has 0 aromatic carbocycles. The van der Waals surface area contributed by atoms with E-state index in [4.69, 9.17) is 13.9 Å². The molecule has 7 heteroatoms. The summed E-state index contributed by atoms with van der Waals surface area (Å²) >= 11 is 0. The molecule has 3 aliphatic carbocycles. The SMILES string of the molecule is CC1(C)C2CC(=O)[C@]3(C)C(CC[C@@]4(C)[C@H](c5ccoc5)OC(=O)C5OC543)[C@@]2(C)[C@@H](O)C[C@H]1O. The highest BCUT2D eigenvalue weighted by molar-refractivity contribution is 5.93. The van der Waals surface area contributed by atoms with Crippen molar-refractivity contribution in [1.29, 1.82) is 0 Å². The Balaban J connectivity index is 1.52. The van der Waals surface area contributed by atoms with Gasteiger partial charge in [0.05, 0.1) is 30.1 Å². The van der Waals surface area contributed by atoms with E-state index in [9.17, 15) is 19.8 Å². The summed E-state index contributed by atoms with van der Waals surface area (Å²) in [5.74, 6) is -0.696. The Hall–Kier alpha value is -1.70. The van der Waals surface area contributed by atoms with Gasteiger partial charge in [-0.15, -0.1) is 0 Å². The minimum absolute atomic E-state index is 0.0680. The first-order chi connectivity index (χ1) is 15.4. The largest absolute Gasteiger partial charge is 0.472 e. The predicted octanol–water partition coefficient (Wildman–Crippen LogP) is 3.18. The molecule has 2 N–H and O–H groups in total. The van der Waals surface area contributed by atoms with Crippen molar-refractivity contribution in [3.8, 4) is 0 Å². The van der Waals surface area contributed by atoms with Crippen molar-refractivity contribution in [1.82, 2.24) is 0 Å². The van der Waals surface area contributed by atoms with Crippen molar-refractivity contribution in [3.05, 3.63) is 24.2 Å². The number of esters is 1. The predicted molar refractivity (Wildman–Crippen MR) is 116 cm³/mol. The summed E-state index contributed by atoms with van der Waals surface area (Å²) in [5.41, 5.74) is -2.84. The lowest BCUT2D eigenvalue weighted by atomic mass is 9.34. The minimum Gasteiger partial charge on any atom is -0.472 e. The molecule has 7 nitrogen and oxygen atoms in total. The number of furan rings is 1. The van der Waals surface area contributed by atoms with Crippen molar-refractivity contribution in [2.24, 2.45) is 33.5 Å². The fourth-order valence-corrected chi connectivity index (χ4v) is 9.18. The fourth-order valence-electron chi connectivity index (χ4n) is 9.18. The quantitative estimate of drug-likeness (QED) is 0.491. The van der Waals surface area contributed by atoms with E-state index in [1.807, 2.05) is 26.8 Å². The van der Waals surface area contributed by atoms with Gasteiger partial charge in [-0.2, -0.15) is 0 Å². The molecule has 0 bridgehead atoms. The lowest BCUT2D eigenvalue weighted by Gasteiger charge is -2.69. The molecule has 33 heavy (non-hydrogen) atoms. The molecule has 1 aromatic rings. The van der Waals surface area contributed by atoms with Gasteiger partial charge >= 0.3 is 5.97 Å². The Kier molecular flexibility index (Phi) is 4.03. The minimum atomic E-state index is -0.981. The second kappa shape index (κ2) is 6.10. The van der Waals surface area contributed by atoms with Gasteiger partial charge in [0.15, 0.2) is 6.10 Å². The number of aliphatic hydroxyl groups excluding tert-OH is 2. The van der Waals surface area contributed by atoms with Crippen LogP contribution in [0.25, 0.3) is 0 Å². The molecular formula is C26H34O7. The van der Waals surface area contributed by atoms with Gasteiger partial charge < -0.3 is 24.1 Å². The number of aliphatic hydroxyl groups is 2. The van der Waals surface area contributed by atoms with Crippen LogP contribution in [-0.2, 0) is 19.1 Å². The van der Waals surface area contributed by atoms with Crippen molar-refractivity contribution >= 4 is 11.8 Å². The number of ketones is 1. The smallest absolute Gasteiger partial charge is 0.339 e. The Morgan fingerprint density at radius 1 is 1.00 bits per heavy atom. The fraction of sp³-hybridized carbons (Fsp3) is 0.769. The maximum absolute atomic E-state index is 14.2. The topological polar surface area (TPSA) is 110 Å². The summed E-state index contributed by atoms with van der Waals surface area (Å²) in [6, 6.07) is 1.81. The Labute approximate surface area is 193 Å². The Morgan fingerprint density at radius 2 is 1.73 bits per heavy atom. The molecule has 180 valence electrons. The zero-order chi connectivity index (χ0) is 23.8. The highest BCUT2D eigenvalue weighted by Gasteiger charge is 2.88. The molecule has 2 saturated heterocycles. The van der Waals surface area contributed by atoms with Crippen molar-refractivity contribution in [2.45, 2.75) is 90.3 Å². The second-order valence-corrected chi connectivity index (χ2v) is 12.5. The third kappa shape index (κ3) is 2.15. The molecule has 6 rings (SSSR count). The number of Topliss-reactive ketones (excluding diaryl/α,β-unsaturated/α-hetero) is 1. The van der Waals surface area contributed by atoms with E-state index < -0.39 is 57.6 Å². The van der Waals surface area contributed by atoms with E-state index in [0.717, 1.165) is 5.56 Å². The number of rotatable bonds is 1. The highest BCUT2D eigenvalue weighted by Crippen LogP contribution is 2.79. The number of cyclic esters (lactones) is 1. The third-order valence-corrected chi connectivity index (χ3v) is 11.1.